The Morgan fingerprint density at radius 1 is 1.16 bits per heavy atom. The molecule has 0 radical (unpaired) electrons. The van der Waals surface area contributed by atoms with Crippen molar-refractivity contribution in [2.75, 3.05) is 26.9 Å². The van der Waals surface area contributed by atoms with E-state index < -0.39 is 0 Å². The zero-order valence-electron chi connectivity index (χ0n) is 18.6. The highest BCUT2D eigenvalue weighted by atomic mass is 35.5. The van der Waals surface area contributed by atoms with Crippen LogP contribution in [0.4, 0.5) is 0 Å². The fourth-order valence-corrected chi connectivity index (χ4v) is 4.84. The third-order valence-electron chi connectivity index (χ3n) is 5.09. The number of benzene rings is 2. The van der Waals surface area contributed by atoms with Crippen LogP contribution in [0.15, 0.2) is 35.2 Å². The fraction of sp³-hybridized carbons (Fsp3) is 0.333. The molecule has 0 unspecified atom stereocenters. The first kappa shape index (κ1) is 24.4. The summed E-state index contributed by atoms with van der Waals surface area (Å²) < 4.78 is 17.8. The van der Waals surface area contributed by atoms with Crippen LogP contribution >= 0.6 is 35.6 Å². The van der Waals surface area contributed by atoms with Crippen LogP contribution in [0.1, 0.15) is 30.0 Å². The number of carbonyl (C=O) groups is 1. The maximum absolute atomic E-state index is 12.5. The van der Waals surface area contributed by atoms with Crippen LogP contribution in [0.25, 0.3) is 6.08 Å². The lowest BCUT2D eigenvalue weighted by atomic mass is 10.1. The smallest absolute Gasteiger partial charge is 0.266 e. The van der Waals surface area contributed by atoms with Gasteiger partial charge < -0.3 is 14.2 Å². The Morgan fingerprint density at radius 3 is 2.59 bits per heavy atom. The number of aryl methyl sites for hydroxylation is 1. The van der Waals surface area contributed by atoms with Crippen molar-refractivity contribution in [3.8, 4) is 17.2 Å². The highest BCUT2D eigenvalue weighted by Crippen LogP contribution is 2.39. The van der Waals surface area contributed by atoms with Crippen LogP contribution in [0.2, 0.25) is 5.02 Å². The summed E-state index contributed by atoms with van der Waals surface area (Å²) in [5.74, 6) is 1.77. The summed E-state index contributed by atoms with van der Waals surface area (Å²) in [6.45, 7) is 7.51. The molecule has 0 saturated carbocycles. The van der Waals surface area contributed by atoms with Crippen LogP contribution in [0.3, 0.4) is 0 Å². The van der Waals surface area contributed by atoms with E-state index in [1.54, 1.807) is 30.2 Å². The van der Waals surface area contributed by atoms with Crippen molar-refractivity contribution in [1.29, 1.82) is 0 Å². The van der Waals surface area contributed by atoms with Crippen molar-refractivity contribution in [3.63, 3.8) is 0 Å². The van der Waals surface area contributed by atoms with Gasteiger partial charge in [-0.15, -0.1) is 0 Å². The predicted molar refractivity (Wildman–Crippen MR) is 135 cm³/mol. The van der Waals surface area contributed by atoms with Gasteiger partial charge in [0.15, 0.2) is 11.5 Å². The molecule has 0 aliphatic carbocycles. The maximum atomic E-state index is 12.5. The minimum absolute atomic E-state index is 0.0956. The molecule has 1 amide bonds. The Labute approximate surface area is 203 Å². The second-order valence-electron chi connectivity index (χ2n) is 7.21. The lowest BCUT2D eigenvalue weighted by Gasteiger charge is -2.14. The number of hydrogen-bond donors (Lipinski definition) is 0. The van der Waals surface area contributed by atoms with Crippen molar-refractivity contribution in [2.45, 2.75) is 27.2 Å². The molecule has 0 aromatic heterocycles. The Balaban J connectivity index is 1.63. The largest absolute Gasteiger partial charge is 0.493 e. The fourth-order valence-electron chi connectivity index (χ4n) is 3.18. The first-order chi connectivity index (χ1) is 15.3. The Hall–Kier alpha value is -2.22. The monoisotopic (exact) mass is 491 g/mol. The molecule has 1 saturated heterocycles. The van der Waals surface area contributed by atoms with Gasteiger partial charge in [0.1, 0.15) is 10.1 Å². The van der Waals surface area contributed by atoms with Crippen LogP contribution in [0, 0.1) is 13.8 Å². The standard InChI is InChI=1S/C24H26ClNO4S2/c1-5-26-23(27)21(32-24(26)31)14-17-12-18(25)22(20(13-17)28-4)30-11-7-10-29-19-9-6-8-15(2)16(19)3/h6,8-9,12-14H,5,7,10-11H2,1-4H3. The average molecular weight is 492 g/mol. The molecular weight excluding hydrogens is 466 g/mol. The van der Waals surface area contributed by atoms with Crippen molar-refractivity contribution >= 4 is 51.9 Å². The van der Waals surface area contributed by atoms with E-state index in [1.165, 1.54) is 17.3 Å². The van der Waals surface area contributed by atoms with E-state index in [-0.39, 0.29) is 5.91 Å². The van der Waals surface area contributed by atoms with Crippen LogP contribution in [0.5, 0.6) is 17.2 Å². The number of thioether (sulfide) groups is 1. The zero-order valence-corrected chi connectivity index (χ0v) is 21.0. The molecular formula is C24H26ClNO4S2. The van der Waals surface area contributed by atoms with Crippen molar-refractivity contribution in [3.05, 3.63) is 56.9 Å². The summed E-state index contributed by atoms with van der Waals surface area (Å²) in [6, 6.07) is 9.57. The third-order valence-corrected chi connectivity index (χ3v) is 6.75. The quantitative estimate of drug-likeness (QED) is 0.242. The van der Waals surface area contributed by atoms with Gasteiger partial charge in [-0.2, -0.15) is 0 Å². The Kier molecular flexibility index (Phi) is 8.45. The molecule has 1 fully saturated rings. The number of likely N-dealkylation sites (N-methyl/N-ethyl adjacent to an activating group) is 1. The van der Waals surface area contributed by atoms with Gasteiger partial charge in [0.05, 0.1) is 30.3 Å². The van der Waals surface area contributed by atoms with Crippen LogP contribution in [-0.2, 0) is 4.79 Å². The minimum Gasteiger partial charge on any atom is -0.493 e. The Bertz CT molecular complexity index is 1050. The number of methoxy groups -OCH3 is 1. The number of rotatable bonds is 9. The number of thiocarbonyl (C=S) groups is 1. The summed E-state index contributed by atoms with van der Waals surface area (Å²) in [4.78, 5) is 14.6. The molecule has 1 aliphatic heterocycles. The van der Waals surface area contributed by atoms with Crippen molar-refractivity contribution in [2.24, 2.45) is 0 Å². The second-order valence-corrected chi connectivity index (χ2v) is 9.29. The van der Waals surface area contributed by atoms with E-state index >= 15 is 0 Å². The van der Waals surface area contributed by atoms with E-state index in [4.69, 9.17) is 38.0 Å². The van der Waals surface area contributed by atoms with Gasteiger partial charge in [0.2, 0.25) is 0 Å². The van der Waals surface area contributed by atoms with Crippen LogP contribution in [-0.4, -0.2) is 42.0 Å². The number of nitrogens with zero attached hydrogens (tertiary/aromatic N) is 1. The highest BCUT2D eigenvalue weighted by molar-refractivity contribution is 8.26. The predicted octanol–water partition coefficient (Wildman–Crippen LogP) is 6.03. The maximum Gasteiger partial charge on any atom is 0.266 e. The molecule has 1 heterocycles. The molecule has 5 nitrogen and oxygen atoms in total. The molecule has 32 heavy (non-hydrogen) atoms. The van der Waals surface area contributed by atoms with Gasteiger partial charge in [-0.1, -0.05) is 47.7 Å². The normalized spacial score (nSPS) is 14.9. The number of carbonyl (C=O) groups excluding carboxylic acids is 1. The van der Waals surface area contributed by atoms with Gasteiger partial charge in [0.25, 0.3) is 5.91 Å². The molecule has 1 aliphatic rings. The molecule has 3 rings (SSSR count). The molecule has 2 aromatic carbocycles. The molecule has 8 heteroatoms. The summed E-state index contributed by atoms with van der Waals surface area (Å²) >= 11 is 13.0. The number of amides is 1. The van der Waals surface area contributed by atoms with E-state index in [9.17, 15) is 4.79 Å². The summed E-state index contributed by atoms with van der Waals surface area (Å²) in [6.07, 6.45) is 2.46. The summed E-state index contributed by atoms with van der Waals surface area (Å²) in [5, 5.41) is 0.414. The molecule has 0 spiro atoms. The third kappa shape index (κ3) is 5.57. The van der Waals surface area contributed by atoms with Gasteiger partial charge in [-0.25, -0.2) is 0 Å². The van der Waals surface area contributed by atoms with Gasteiger partial charge in [0, 0.05) is 13.0 Å². The average Bonchev–Trinajstić information content (AvgIpc) is 3.03. The highest BCUT2D eigenvalue weighted by Gasteiger charge is 2.30. The lowest BCUT2D eigenvalue weighted by molar-refractivity contribution is -0.121. The van der Waals surface area contributed by atoms with Crippen molar-refractivity contribution in [1.82, 2.24) is 4.90 Å². The van der Waals surface area contributed by atoms with E-state index in [1.807, 2.05) is 26.0 Å². The van der Waals surface area contributed by atoms with Gasteiger partial charge in [-0.3, -0.25) is 9.69 Å². The lowest BCUT2D eigenvalue weighted by Crippen LogP contribution is -2.27. The van der Waals surface area contributed by atoms with E-state index in [2.05, 4.69) is 13.0 Å². The molecule has 170 valence electrons. The van der Waals surface area contributed by atoms with Crippen molar-refractivity contribution < 1.29 is 19.0 Å². The van der Waals surface area contributed by atoms with E-state index in [0.29, 0.717) is 51.9 Å². The zero-order chi connectivity index (χ0) is 23.3. The molecule has 0 bridgehead atoms. The topological polar surface area (TPSA) is 48.0 Å². The molecule has 0 N–H and O–H groups in total. The molecule has 0 atom stereocenters. The number of hydrogen-bond acceptors (Lipinski definition) is 6. The SMILES string of the molecule is CCN1C(=O)C(=Cc2cc(Cl)c(OCCCOc3cccc(C)c3C)c(OC)c2)SC1=S. The summed E-state index contributed by atoms with van der Waals surface area (Å²) in [7, 11) is 1.56. The second kappa shape index (κ2) is 11.1. The van der Waals surface area contributed by atoms with Gasteiger partial charge in [-0.05, 0) is 61.7 Å². The first-order valence-corrected chi connectivity index (χ1v) is 11.9. The minimum atomic E-state index is -0.0956. The van der Waals surface area contributed by atoms with Gasteiger partial charge >= 0.3 is 0 Å². The Morgan fingerprint density at radius 2 is 1.91 bits per heavy atom. The first-order valence-electron chi connectivity index (χ1n) is 10.3. The van der Waals surface area contributed by atoms with E-state index in [0.717, 1.165) is 16.9 Å². The van der Waals surface area contributed by atoms with Crippen LogP contribution < -0.4 is 14.2 Å². The summed E-state index contributed by atoms with van der Waals surface area (Å²) in [5.41, 5.74) is 3.09. The number of ether oxygens (including phenoxy) is 3. The number of halogens is 1. The molecule has 2 aromatic rings.